The van der Waals surface area contributed by atoms with Crippen molar-refractivity contribution in [1.82, 2.24) is 0 Å². The van der Waals surface area contributed by atoms with Crippen molar-refractivity contribution < 1.29 is 14.6 Å². The van der Waals surface area contributed by atoms with Gasteiger partial charge >= 0.3 is 5.97 Å². The van der Waals surface area contributed by atoms with Crippen LogP contribution in [0.2, 0.25) is 0 Å². The fourth-order valence-corrected chi connectivity index (χ4v) is 2.71. The largest absolute Gasteiger partial charge is 0.462 e. The van der Waals surface area contributed by atoms with Gasteiger partial charge in [0.1, 0.15) is 6.10 Å². The van der Waals surface area contributed by atoms with E-state index >= 15 is 0 Å². The summed E-state index contributed by atoms with van der Waals surface area (Å²) in [6.07, 6.45) is 19.4. The molecule has 1 N–H and O–H groups in total. The number of rotatable bonds is 16. The maximum absolute atomic E-state index is 11.2. The molecule has 0 amide bonds. The van der Waals surface area contributed by atoms with Crippen LogP contribution in [0.15, 0.2) is 12.2 Å². The first-order chi connectivity index (χ1) is 11.2. The van der Waals surface area contributed by atoms with E-state index in [2.05, 4.69) is 19.1 Å². The van der Waals surface area contributed by atoms with Gasteiger partial charge in [0.05, 0.1) is 0 Å². The van der Waals surface area contributed by atoms with E-state index in [1.807, 2.05) is 0 Å². The van der Waals surface area contributed by atoms with Crippen LogP contribution >= 0.6 is 0 Å². The lowest BCUT2D eigenvalue weighted by atomic mass is 10.1. The molecule has 0 saturated carbocycles. The minimum atomic E-state index is -0.165. The predicted molar refractivity (Wildman–Crippen MR) is 97.5 cm³/mol. The summed E-state index contributed by atoms with van der Waals surface area (Å²) < 4.78 is 5.40. The highest BCUT2D eigenvalue weighted by molar-refractivity contribution is 5.66. The van der Waals surface area contributed by atoms with Crippen LogP contribution in [0.3, 0.4) is 0 Å². The van der Waals surface area contributed by atoms with E-state index in [1.54, 1.807) is 0 Å². The summed E-state index contributed by atoms with van der Waals surface area (Å²) in [6.45, 7) is 4.03. The summed E-state index contributed by atoms with van der Waals surface area (Å²) in [5.74, 6) is -0.165. The van der Waals surface area contributed by atoms with Gasteiger partial charge in [-0.15, -0.1) is 0 Å². The molecule has 1 atom stereocenters. The van der Waals surface area contributed by atoms with Gasteiger partial charge in [0.25, 0.3) is 0 Å². The van der Waals surface area contributed by atoms with Crippen LogP contribution in [0.1, 0.15) is 97.3 Å². The minimum absolute atomic E-state index is 0.0547. The number of unbranched alkanes of at least 4 members (excludes halogenated alkanes) is 9. The van der Waals surface area contributed by atoms with Crippen molar-refractivity contribution in [2.75, 3.05) is 6.61 Å². The molecule has 0 aromatic carbocycles. The quantitative estimate of drug-likeness (QED) is 0.229. The second kappa shape index (κ2) is 17.5. The third-order valence-corrected chi connectivity index (χ3v) is 4.06. The van der Waals surface area contributed by atoms with Crippen LogP contribution in [0, 0.1) is 0 Å². The highest BCUT2D eigenvalue weighted by Gasteiger charge is 2.09. The molecule has 0 aromatic rings. The van der Waals surface area contributed by atoms with Crippen LogP contribution in [-0.4, -0.2) is 23.8 Å². The van der Waals surface area contributed by atoms with Crippen LogP contribution in [0.5, 0.6) is 0 Å². The molecule has 3 heteroatoms. The van der Waals surface area contributed by atoms with E-state index in [0.717, 1.165) is 38.5 Å². The molecule has 0 aliphatic carbocycles. The molecule has 0 aliphatic heterocycles. The standard InChI is InChI=1S/C20H38O3/c1-3-4-5-13-16-20(23-19(2)22)17-14-11-9-7-6-8-10-12-15-18-21/h11,14,20-21H,3-10,12-13,15-18H2,1-2H3/b14-11-. The van der Waals surface area contributed by atoms with Crippen molar-refractivity contribution in [3.63, 3.8) is 0 Å². The fourth-order valence-electron chi connectivity index (χ4n) is 2.71. The van der Waals surface area contributed by atoms with Gasteiger partial charge in [0.15, 0.2) is 0 Å². The molecule has 0 fully saturated rings. The summed E-state index contributed by atoms with van der Waals surface area (Å²) in [5.41, 5.74) is 0. The van der Waals surface area contributed by atoms with Crippen molar-refractivity contribution in [1.29, 1.82) is 0 Å². The van der Waals surface area contributed by atoms with Gasteiger partial charge < -0.3 is 9.84 Å². The maximum atomic E-state index is 11.2. The zero-order valence-corrected chi connectivity index (χ0v) is 15.4. The molecule has 0 saturated heterocycles. The van der Waals surface area contributed by atoms with Gasteiger partial charge in [-0.1, -0.05) is 64.0 Å². The smallest absolute Gasteiger partial charge is 0.302 e. The Morgan fingerprint density at radius 3 is 2.26 bits per heavy atom. The Kier molecular flexibility index (Phi) is 16.9. The third kappa shape index (κ3) is 17.4. The number of aliphatic hydroxyl groups is 1. The summed E-state index contributed by atoms with van der Waals surface area (Å²) in [7, 11) is 0. The minimum Gasteiger partial charge on any atom is -0.462 e. The lowest BCUT2D eigenvalue weighted by molar-refractivity contribution is -0.146. The number of carbonyl (C=O) groups excluding carboxylic acids is 1. The average Bonchev–Trinajstić information content (AvgIpc) is 2.52. The third-order valence-electron chi connectivity index (χ3n) is 4.06. The van der Waals surface area contributed by atoms with Crippen molar-refractivity contribution in [2.24, 2.45) is 0 Å². The van der Waals surface area contributed by atoms with Crippen LogP contribution in [0.25, 0.3) is 0 Å². The van der Waals surface area contributed by atoms with Crippen molar-refractivity contribution in [3.05, 3.63) is 12.2 Å². The second-order valence-corrected chi connectivity index (χ2v) is 6.42. The number of hydrogen-bond acceptors (Lipinski definition) is 3. The Hall–Kier alpha value is -0.830. The molecule has 3 nitrogen and oxygen atoms in total. The molecule has 1 unspecified atom stereocenters. The average molecular weight is 327 g/mol. The Morgan fingerprint density at radius 1 is 0.957 bits per heavy atom. The van der Waals surface area contributed by atoms with E-state index in [4.69, 9.17) is 9.84 Å². The van der Waals surface area contributed by atoms with Crippen LogP contribution in [0.4, 0.5) is 0 Å². The Morgan fingerprint density at radius 2 is 1.61 bits per heavy atom. The number of allylic oxidation sites excluding steroid dienone is 1. The second-order valence-electron chi connectivity index (χ2n) is 6.42. The zero-order valence-electron chi connectivity index (χ0n) is 15.4. The molecule has 0 radical (unpaired) electrons. The van der Waals surface area contributed by atoms with Gasteiger partial charge in [-0.25, -0.2) is 0 Å². The van der Waals surface area contributed by atoms with Crippen molar-refractivity contribution >= 4 is 5.97 Å². The lowest BCUT2D eigenvalue weighted by Gasteiger charge is -2.15. The topological polar surface area (TPSA) is 46.5 Å². The zero-order chi connectivity index (χ0) is 17.2. The molecular formula is C20H38O3. The molecule has 0 aromatic heterocycles. The Balaban J connectivity index is 3.67. The SMILES string of the molecule is CCCCCCC(C/C=C\CCCCCCCCO)OC(C)=O. The summed E-state index contributed by atoms with van der Waals surface area (Å²) in [6, 6.07) is 0. The molecule has 23 heavy (non-hydrogen) atoms. The molecule has 0 aliphatic rings. The maximum Gasteiger partial charge on any atom is 0.302 e. The summed E-state index contributed by atoms with van der Waals surface area (Å²) in [4.78, 5) is 11.2. The highest BCUT2D eigenvalue weighted by atomic mass is 16.5. The number of esters is 1. The van der Waals surface area contributed by atoms with Crippen LogP contribution in [-0.2, 0) is 9.53 Å². The van der Waals surface area contributed by atoms with Crippen LogP contribution < -0.4 is 0 Å². The lowest BCUT2D eigenvalue weighted by Crippen LogP contribution is -2.15. The Bertz CT molecular complexity index is 287. The number of hydrogen-bond donors (Lipinski definition) is 1. The Labute approximate surface area is 143 Å². The van der Waals surface area contributed by atoms with Crippen molar-refractivity contribution in [2.45, 2.75) is 103 Å². The van der Waals surface area contributed by atoms with E-state index in [0.29, 0.717) is 6.61 Å². The molecule has 0 spiro atoms. The van der Waals surface area contributed by atoms with E-state index in [9.17, 15) is 4.79 Å². The van der Waals surface area contributed by atoms with Gasteiger partial charge in [-0.2, -0.15) is 0 Å². The number of aliphatic hydroxyl groups excluding tert-OH is 1. The summed E-state index contributed by atoms with van der Waals surface area (Å²) in [5, 5.41) is 8.71. The van der Waals surface area contributed by atoms with Gasteiger partial charge in [-0.05, 0) is 32.1 Å². The fraction of sp³-hybridized carbons (Fsp3) is 0.850. The first kappa shape index (κ1) is 22.2. The van der Waals surface area contributed by atoms with Crippen molar-refractivity contribution in [3.8, 4) is 0 Å². The molecule has 0 rings (SSSR count). The normalized spacial score (nSPS) is 12.7. The monoisotopic (exact) mass is 326 g/mol. The van der Waals surface area contributed by atoms with Gasteiger partial charge in [0.2, 0.25) is 0 Å². The highest BCUT2D eigenvalue weighted by Crippen LogP contribution is 2.13. The van der Waals surface area contributed by atoms with E-state index in [1.165, 1.54) is 51.9 Å². The van der Waals surface area contributed by atoms with E-state index in [-0.39, 0.29) is 12.1 Å². The predicted octanol–water partition coefficient (Wildman–Crippen LogP) is 5.56. The van der Waals surface area contributed by atoms with Gasteiger partial charge in [-0.3, -0.25) is 4.79 Å². The molecule has 136 valence electrons. The van der Waals surface area contributed by atoms with Gasteiger partial charge in [0, 0.05) is 20.0 Å². The molecule has 0 bridgehead atoms. The molecule has 0 heterocycles. The number of carbonyl (C=O) groups is 1. The number of ether oxygens (including phenoxy) is 1. The molecular weight excluding hydrogens is 288 g/mol. The first-order valence-corrected chi connectivity index (χ1v) is 9.63. The first-order valence-electron chi connectivity index (χ1n) is 9.63. The van der Waals surface area contributed by atoms with E-state index < -0.39 is 0 Å². The summed E-state index contributed by atoms with van der Waals surface area (Å²) >= 11 is 0.